The zero-order chi connectivity index (χ0) is 14.1. The first-order chi connectivity index (χ1) is 9.17. The predicted octanol–water partition coefficient (Wildman–Crippen LogP) is 5.48. The van der Waals surface area contributed by atoms with Crippen molar-refractivity contribution in [1.82, 2.24) is 0 Å². The normalized spacial score (nSPS) is 14.3. The lowest BCUT2D eigenvalue weighted by atomic mass is 9.93. The fraction of sp³-hybridized carbons (Fsp3) is 0.625. The standard InChI is InChI=1S/C16H26BrNS/c1-3-5-8-13(4-2)11-14(18)12-19-16-10-7-6-9-15(16)17/h6-7,9-10,13-14H,3-5,8,11-12,18H2,1-2H3. The summed E-state index contributed by atoms with van der Waals surface area (Å²) >= 11 is 5.44. The van der Waals surface area contributed by atoms with Crippen molar-refractivity contribution in [3.05, 3.63) is 28.7 Å². The first kappa shape index (κ1) is 17.1. The van der Waals surface area contributed by atoms with Crippen LogP contribution in [0.15, 0.2) is 33.6 Å². The van der Waals surface area contributed by atoms with E-state index in [2.05, 4.69) is 48.0 Å². The molecule has 1 aromatic carbocycles. The molecule has 108 valence electrons. The predicted molar refractivity (Wildman–Crippen MR) is 90.8 cm³/mol. The molecule has 0 aromatic heterocycles. The Morgan fingerprint density at radius 2 is 2.00 bits per heavy atom. The van der Waals surface area contributed by atoms with Crippen LogP contribution in [0.4, 0.5) is 0 Å². The van der Waals surface area contributed by atoms with Crippen LogP contribution in [-0.4, -0.2) is 11.8 Å². The summed E-state index contributed by atoms with van der Waals surface area (Å²) in [6.45, 7) is 4.55. The van der Waals surface area contributed by atoms with Gasteiger partial charge in [-0.25, -0.2) is 0 Å². The molecule has 2 unspecified atom stereocenters. The molecule has 0 bridgehead atoms. The highest BCUT2D eigenvalue weighted by atomic mass is 79.9. The van der Waals surface area contributed by atoms with Gasteiger partial charge in [-0.3, -0.25) is 0 Å². The Morgan fingerprint density at radius 3 is 2.63 bits per heavy atom. The van der Waals surface area contributed by atoms with Crippen LogP contribution in [0.3, 0.4) is 0 Å². The third-order valence-electron chi connectivity index (χ3n) is 3.47. The van der Waals surface area contributed by atoms with Crippen LogP contribution in [0, 0.1) is 5.92 Å². The summed E-state index contributed by atoms with van der Waals surface area (Å²) in [4.78, 5) is 1.29. The van der Waals surface area contributed by atoms with Crippen LogP contribution >= 0.6 is 27.7 Å². The van der Waals surface area contributed by atoms with Gasteiger partial charge in [0.1, 0.15) is 0 Å². The molecule has 0 radical (unpaired) electrons. The Kier molecular flexibility index (Phi) is 8.84. The quantitative estimate of drug-likeness (QED) is 0.601. The number of hydrogen-bond donors (Lipinski definition) is 1. The van der Waals surface area contributed by atoms with E-state index in [1.54, 1.807) is 0 Å². The van der Waals surface area contributed by atoms with Crippen molar-refractivity contribution in [3.63, 3.8) is 0 Å². The van der Waals surface area contributed by atoms with E-state index < -0.39 is 0 Å². The lowest BCUT2D eigenvalue weighted by molar-refractivity contribution is 0.396. The van der Waals surface area contributed by atoms with Gasteiger partial charge < -0.3 is 5.73 Å². The molecule has 3 heteroatoms. The molecule has 2 N–H and O–H groups in total. The van der Waals surface area contributed by atoms with E-state index in [9.17, 15) is 0 Å². The minimum absolute atomic E-state index is 0.305. The Labute approximate surface area is 130 Å². The van der Waals surface area contributed by atoms with E-state index in [0.29, 0.717) is 6.04 Å². The molecule has 19 heavy (non-hydrogen) atoms. The van der Waals surface area contributed by atoms with Gasteiger partial charge in [0.05, 0.1) is 0 Å². The molecule has 0 saturated heterocycles. The minimum atomic E-state index is 0.305. The third kappa shape index (κ3) is 6.82. The molecule has 2 atom stereocenters. The minimum Gasteiger partial charge on any atom is -0.327 e. The third-order valence-corrected chi connectivity index (χ3v) is 5.68. The summed E-state index contributed by atoms with van der Waals surface area (Å²) < 4.78 is 1.17. The summed E-state index contributed by atoms with van der Waals surface area (Å²) in [6, 6.07) is 8.67. The Bertz CT molecular complexity index is 356. The fourth-order valence-corrected chi connectivity index (χ4v) is 3.77. The molecule has 1 rings (SSSR count). The van der Waals surface area contributed by atoms with Crippen molar-refractivity contribution in [2.24, 2.45) is 11.7 Å². The Balaban J connectivity index is 2.34. The largest absolute Gasteiger partial charge is 0.327 e. The van der Waals surface area contributed by atoms with Gasteiger partial charge in [0, 0.05) is 21.2 Å². The van der Waals surface area contributed by atoms with E-state index in [-0.39, 0.29) is 0 Å². The van der Waals surface area contributed by atoms with Crippen LogP contribution < -0.4 is 5.73 Å². The smallest absolute Gasteiger partial charge is 0.0311 e. The van der Waals surface area contributed by atoms with Crippen molar-refractivity contribution in [2.45, 2.75) is 56.9 Å². The van der Waals surface area contributed by atoms with Gasteiger partial charge in [0.15, 0.2) is 0 Å². The Morgan fingerprint density at radius 1 is 1.26 bits per heavy atom. The monoisotopic (exact) mass is 343 g/mol. The number of rotatable bonds is 9. The zero-order valence-electron chi connectivity index (χ0n) is 12.1. The number of halogens is 1. The van der Waals surface area contributed by atoms with Gasteiger partial charge in [0.2, 0.25) is 0 Å². The van der Waals surface area contributed by atoms with Gasteiger partial charge >= 0.3 is 0 Å². The van der Waals surface area contributed by atoms with E-state index >= 15 is 0 Å². The van der Waals surface area contributed by atoms with E-state index in [1.165, 1.54) is 35.1 Å². The molecular weight excluding hydrogens is 318 g/mol. The van der Waals surface area contributed by atoms with Crippen molar-refractivity contribution in [3.8, 4) is 0 Å². The van der Waals surface area contributed by atoms with Crippen molar-refractivity contribution in [1.29, 1.82) is 0 Å². The average molecular weight is 344 g/mol. The SMILES string of the molecule is CCCCC(CC)CC(N)CSc1ccccc1Br. The maximum absolute atomic E-state index is 6.28. The highest BCUT2D eigenvalue weighted by Gasteiger charge is 2.12. The lowest BCUT2D eigenvalue weighted by Gasteiger charge is -2.19. The first-order valence-corrected chi connectivity index (χ1v) is 9.08. The molecule has 1 nitrogen and oxygen atoms in total. The maximum Gasteiger partial charge on any atom is 0.0311 e. The summed E-state index contributed by atoms with van der Waals surface area (Å²) in [7, 11) is 0. The van der Waals surface area contributed by atoms with E-state index in [0.717, 1.165) is 18.1 Å². The average Bonchev–Trinajstić information content (AvgIpc) is 2.42. The number of thioether (sulfide) groups is 1. The molecule has 0 heterocycles. The highest BCUT2D eigenvalue weighted by Crippen LogP contribution is 2.28. The molecule has 0 saturated carbocycles. The maximum atomic E-state index is 6.28. The van der Waals surface area contributed by atoms with Crippen molar-refractivity contribution >= 4 is 27.7 Å². The molecule has 0 aliphatic rings. The van der Waals surface area contributed by atoms with Crippen molar-refractivity contribution < 1.29 is 0 Å². The first-order valence-electron chi connectivity index (χ1n) is 7.30. The molecule has 0 aliphatic heterocycles. The van der Waals surface area contributed by atoms with Gasteiger partial charge in [-0.2, -0.15) is 0 Å². The molecule has 1 aromatic rings. The number of hydrogen-bond acceptors (Lipinski definition) is 2. The lowest BCUT2D eigenvalue weighted by Crippen LogP contribution is -2.26. The van der Waals surface area contributed by atoms with Crippen LogP contribution in [0.1, 0.15) is 46.0 Å². The zero-order valence-corrected chi connectivity index (χ0v) is 14.5. The molecule has 0 fully saturated rings. The number of unbranched alkanes of at least 4 members (excludes halogenated alkanes) is 1. The molecule has 0 amide bonds. The van der Waals surface area contributed by atoms with Crippen molar-refractivity contribution in [2.75, 3.05) is 5.75 Å². The van der Waals surface area contributed by atoms with Crippen LogP contribution in [0.5, 0.6) is 0 Å². The second kappa shape index (κ2) is 9.84. The van der Waals surface area contributed by atoms with Crippen LogP contribution in [0.25, 0.3) is 0 Å². The number of benzene rings is 1. The second-order valence-corrected chi connectivity index (χ2v) is 7.07. The summed E-state index contributed by atoms with van der Waals surface area (Å²) in [6.07, 6.45) is 6.38. The van der Waals surface area contributed by atoms with E-state index in [4.69, 9.17) is 5.73 Å². The fourth-order valence-electron chi connectivity index (χ4n) is 2.24. The topological polar surface area (TPSA) is 26.0 Å². The van der Waals surface area contributed by atoms with Crippen LogP contribution in [0.2, 0.25) is 0 Å². The second-order valence-electron chi connectivity index (χ2n) is 5.15. The van der Waals surface area contributed by atoms with Crippen LogP contribution in [-0.2, 0) is 0 Å². The Hall–Kier alpha value is 0.01000. The number of nitrogens with two attached hydrogens (primary N) is 1. The van der Waals surface area contributed by atoms with E-state index in [1.807, 2.05) is 17.8 Å². The molecule has 0 spiro atoms. The summed E-state index contributed by atoms with van der Waals surface area (Å²) in [5.41, 5.74) is 6.28. The summed E-state index contributed by atoms with van der Waals surface area (Å²) in [5, 5.41) is 0. The van der Waals surface area contributed by atoms with Gasteiger partial charge in [-0.15, -0.1) is 11.8 Å². The highest BCUT2D eigenvalue weighted by molar-refractivity contribution is 9.10. The molecule has 0 aliphatic carbocycles. The van der Waals surface area contributed by atoms with Gasteiger partial charge in [0.25, 0.3) is 0 Å². The summed E-state index contributed by atoms with van der Waals surface area (Å²) in [5.74, 6) is 1.81. The molecular formula is C16H26BrNS. The van der Waals surface area contributed by atoms with Gasteiger partial charge in [-0.1, -0.05) is 51.7 Å². The van der Waals surface area contributed by atoms with Gasteiger partial charge in [-0.05, 0) is 40.4 Å².